The molecular formula is C12H17N5O2S. The van der Waals surface area contributed by atoms with E-state index in [-0.39, 0.29) is 0 Å². The fraction of sp³-hybridized carbons (Fsp3) is 0.250. The largest absolute Gasteiger partial charge is 0.378 e. The summed E-state index contributed by atoms with van der Waals surface area (Å²) in [5.74, 6) is 0.914. The molecule has 1 heterocycles. The van der Waals surface area contributed by atoms with Gasteiger partial charge < -0.3 is 9.88 Å². The van der Waals surface area contributed by atoms with Crippen molar-refractivity contribution in [2.24, 2.45) is 5.14 Å². The Hall–Kier alpha value is -2.06. The fourth-order valence-corrected chi connectivity index (χ4v) is 2.29. The summed E-state index contributed by atoms with van der Waals surface area (Å²) in [7, 11) is -3.76. The lowest BCUT2D eigenvalue weighted by atomic mass is 10.3. The van der Waals surface area contributed by atoms with E-state index in [1.54, 1.807) is 24.4 Å². The third-order valence-electron chi connectivity index (χ3n) is 2.72. The van der Waals surface area contributed by atoms with Crippen molar-refractivity contribution in [2.45, 2.75) is 20.0 Å². The SMILES string of the molecule is CCn1ccnc1CNc1cccc(NS(N)(=O)=O)c1. The average Bonchev–Trinajstić information content (AvgIpc) is 2.82. The van der Waals surface area contributed by atoms with Gasteiger partial charge in [0.2, 0.25) is 0 Å². The van der Waals surface area contributed by atoms with Crippen LogP contribution in [0.4, 0.5) is 11.4 Å². The Bertz CT molecular complexity index is 681. The molecule has 108 valence electrons. The number of benzene rings is 1. The second-order valence-corrected chi connectivity index (χ2v) is 5.51. The average molecular weight is 295 g/mol. The topological polar surface area (TPSA) is 102 Å². The van der Waals surface area contributed by atoms with Crippen molar-refractivity contribution < 1.29 is 8.42 Å². The molecule has 4 N–H and O–H groups in total. The Morgan fingerprint density at radius 3 is 2.80 bits per heavy atom. The number of hydrogen-bond acceptors (Lipinski definition) is 4. The molecule has 1 aromatic heterocycles. The smallest absolute Gasteiger partial charge is 0.296 e. The molecule has 0 unspecified atom stereocenters. The van der Waals surface area contributed by atoms with Crippen LogP contribution in [0.3, 0.4) is 0 Å². The van der Waals surface area contributed by atoms with E-state index in [1.165, 1.54) is 0 Å². The van der Waals surface area contributed by atoms with E-state index in [0.717, 1.165) is 18.1 Å². The number of imidazole rings is 1. The molecule has 0 aliphatic heterocycles. The van der Waals surface area contributed by atoms with Crippen LogP contribution in [0.5, 0.6) is 0 Å². The Morgan fingerprint density at radius 1 is 1.35 bits per heavy atom. The normalized spacial score (nSPS) is 11.3. The van der Waals surface area contributed by atoms with E-state index in [9.17, 15) is 8.42 Å². The Morgan fingerprint density at radius 2 is 2.10 bits per heavy atom. The molecule has 0 saturated carbocycles. The summed E-state index contributed by atoms with van der Waals surface area (Å²) in [5, 5.41) is 8.12. The minimum Gasteiger partial charge on any atom is -0.378 e. The molecule has 20 heavy (non-hydrogen) atoms. The summed E-state index contributed by atoms with van der Waals surface area (Å²) < 4.78 is 26.2. The molecule has 0 aliphatic rings. The van der Waals surface area contributed by atoms with Crippen molar-refractivity contribution >= 4 is 21.6 Å². The highest BCUT2D eigenvalue weighted by Crippen LogP contribution is 2.16. The molecule has 0 spiro atoms. The third kappa shape index (κ3) is 3.97. The second kappa shape index (κ2) is 5.93. The zero-order chi connectivity index (χ0) is 14.6. The number of nitrogens with two attached hydrogens (primary N) is 1. The minimum atomic E-state index is -3.76. The molecule has 2 rings (SSSR count). The molecule has 0 radical (unpaired) electrons. The molecular weight excluding hydrogens is 278 g/mol. The van der Waals surface area contributed by atoms with Crippen molar-refractivity contribution in [2.75, 3.05) is 10.0 Å². The van der Waals surface area contributed by atoms with E-state index < -0.39 is 10.2 Å². The third-order valence-corrected chi connectivity index (χ3v) is 3.24. The van der Waals surface area contributed by atoms with Gasteiger partial charge in [-0.25, -0.2) is 10.1 Å². The van der Waals surface area contributed by atoms with Gasteiger partial charge in [0.05, 0.1) is 12.2 Å². The van der Waals surface area contributed by atoms with Crippen LogP contribution in [0.15, 0.2) is 36.7 Å². The molecule has 0 bridgehead atoms. The van der Waals surface area contributed by atoms with Gasteiger partial charge in [0.15, 0.2) is 0 Å². The van der Waals surface area contributed by atoms with Gasteiger partial charge in [-0.15, -0.1) is 0 Å². The van der Waals surface area contributed by atoms with Crippen molar-refractivity contribution in [3.63, 3.8) is 0 Å². The fourth-order valence-electron chi connectivity index (χ4n) is 1.83. The second-order valence-electron chi connectivity index (χ2n) is 4.21. The first-order valence-electron chi connectivity index (χ1n) is 6.12. The van der Waals surface area contributed by atoms with Crippen LogP contribution in [0.2, 0.25) is 0 Å². The Kier molecular flexibility index (Phi) is 4.26. The van der Waals surface area contributed by atoms with E-state index >= 15 is 0 Å². The van der Waals surface area contributed by atoms with Crippen LogP contribution in [0, 0.1) is 0 Å². The monoisotopic (exact) mass is 295 g/mol. The quantitative estimate of drug-likeness (QED) is 0.743. The minimum absolute atomic E-state index is 0.413. The Labute approximate surface area is 118 Å². The maximum absolute atomic E-state index is 11.0. The Balaban J connectivity index is 2.05. The van der Waals surface area contributed by atoms with Crippen molar-refractivity contribution in [1.82, 2.24) is 9.55 Å². The molecule has 0 saturated heterocycles. The van der Waals surface area contributed by atoms with Crippen LogP contribution < -0.4 is 15.2 Å². The first-order valence-corrected chi connectivity index (χ1v) is 7.67. The number of aromatic nitrogens is 2. The van der Waals surface area contributed by atoms with Gasteiger partial charge in [-0.05, 0) is 25.1 Å². The number of aryl methyl sites for hydroxylation is 1. The maximum Gasteiger partial charge on any atom is 0.296 e. The highest BCUT2D eigenvalue weighted by molar-refractivity contribution is 7.90. The van der Waals surface area contributed by atoms with Gasteiger partial charge in [-0.1, -0.05) is 6.07 Å². The highest BCUT2D eigenvalue weighted by atomic mass is 32.2. The highest BCUT2D eigenvalue weighted by Gasteiger charge is 2.04. The predicted molar refractivity (Wildman–Crippen MR) is 78.4 cm³/mol. The van der Waals surface area contributed by atoms with Crippen LogP contribution in [-0.4, -0.2) is 18.0 Å². The van der Waals surface area contributed by atoms with Gasteiger partial charge >= 0.3 is 0 Å². The summed E-state index contributed by atoms with van der Waals surface area (Å²) in [6.45, 7) is 3.45. The van der Waals surface area contributed by atoms with Crippen molar-refractivity contribution in [3.05, 3.63) is 42.5 Å². The van der Waals surface area contributed by atoms with Crippen LogP contribution in [-0.2, 0) is 23.3 Å². The number of anilines is 2. The summed E-state index contributed by atoms with van der Waals surface area (Å²) in [4.78, 5) is 4.25. The molecule has 1 aromatic carbocycles. The van der Waals surface area contributed by atoms with Crippen molar-refractivity contribution in [1.29, 1.82) is 0 Å². The van der Waals surface area contributed by atoms with Gasteiger partial charge in [0.1, 0.15) is 5.82 Å². The van der Waals surface area contributed by atoms with Crippen molar-refractivity contribution in [3.8, 4) is 0 Å². The van der Waals surface area contributed by atoms with E-state index in [2.05, 4.69) is 15.0 Å². The maximum atomic E-state index is 11.0. The van der Waals surface area contributed by atoms with E-state index in [1.807, 2.05) is 23.8 Å². The molecule has 0 amide bonds. The molecule has 8 heteroatoms. The summed E-state index contributed by atoms with van der Waals surface area (Å²) >= 11 is 0. The molecule has 0 atom stereocenters. The van der Waals surface area contributed by atoms with Crippen LogP contribution in [0.25, 0.3) is 0 Å². The predicted octanol–water partition coefficient (Wildman–Crippen LogP) is 1.13. The summed E-state index contributed by atoms with van der Waals surface area (Å²) in [6.07, 6.45) is 3.66. The zero-order valence-corrected chi connectivity index (χ0v) is 11.9. The molecule has 7 nitrogen and oxygen atoms in total. The number of nitrogens with one attached hydrogen (secondary N) is 2. The summed E-state index contributed by atoms with van der Waals surface area (Å²) in [5.41, 5.74) is 1.20. The number of rotatable bonds is 6. The molecule has 0 aliphatic carbocycles. The molecule has 2 aromatic rings. The van der Waals surface area contributed by atoms with Crippen LogP contribution >= 0.6 is 0 Å². The lowest BCUT2D eigenvalue weighted by molar-refractivity contribution is 0.603. The van der Waals surface area contributed by atoms with Gasteiger partial charge in [0.25, 0.3) is 10.2 Å². The summed E-state index contributed by atoms with van der Waals surface area (Å²) in [6, 6.07) is 6.88. The van der Waals surface area contributed by atoms with E-state index in [0.29, 0.717) is 12.2 Å². The van der Waals surface area contributed by atoms with Gasteiger partial charge in [-0.2, -0.15) is 8.42 Å². The number of hydrogen-bond donors (Lipinski definition) is 3. The standard InChI is InChI=1S/C12H17N5O2S/c1-2-17-7-6-14-12(17)9-15-10-4-3-5-11(8-10)16-20(13,18)19/h3-8,15-16H,2,9H2,1H3,(H2,13,18,19). The van der Waals surface area contributed by atoms with Crippen LogP contribution in [0.1, 0.15) is 12.7 Å². The lowest BCUT2D eigenvalue weighted by Crippen LogP contribution is -2.21. The van der Waals surface area contributed by atoms with E-state index in [4.69, 9.17) is 5.14 Å². The first-order chi connectivity index (χ1) is 9.48. The first kappa shape index (κ1) is 14.4. The molecule has 0 fully saturated rings. The van der Waals surface area contributed by atoms with Gasteiger partial charge in [-0.3, -0.25) is 4.72 Å². The number of nitrogens with zero attached hydrogens (tertiary/aromatic N) is 2. The lowest BCUT2D eigenvalue weighted by Gasteiger charge is -2.10. The zero-order valence-electron chi connectivity index (χ0n) is 11.1. The van der Waals surface area contributed by atoms with Gasteiger partial charge in [0, 0.05) is 24.6 Å².